The lowest BCUT2D eigenvalue weighted by Gasteiger charge is -2.16. The molecule has 2 aromatic heterocycles. The Labute approximate surface area is 294 Å². The van der Waals surface area contributed by atoms with Crippen molar-refractivity contribution in [3.8, 4) is 22.8 Å². The summed E-state index contributed by atoms with van der Waals surface area (Å²) < 4.78 is 8.30. The van der Waals surface area contributed by atoms with Crippen LogP contribution >= 0.6 is 23.2 Å². The van der Waals surface area contributed by atoms with Gasteiger partial charge in [0.2, 0.25) is 0 Å². The number of aromatic nitrogens is 6. The number of hydrogen-bond donors (Lipinski definition) is 1. The number of carbonyl (C=O) groups excluding carboxylic acids is 3. The van der Waals surface area contributed by atoms with Gasteiger partial charge in [0.25, 0.3) is 0 Å². The molecule has 4 atom stereocenters. The molecule has 0 amide bonds. The van der Waals surface area contributed by atoms with E-state index in [1.807, 2.05) is 24.3 Å². The molecule has 0 saturated heterocycles. The van der Waals surface area contributed by atoms with Gasteiger partial charge in [-0.15, -0.1) is 0 Å². The van der Waals surface area contributed by atoms with Crippen molar-refractivity contribution in [2.24, 2.45) is 37.8 Å². The van der Waals surface area contributed by atoms with Crippen molar-refractivity contribution in [1.82, 2.24) is 29.5 Å². The van der Waals surface area contributed by atoms with Crippen LogP contribution in [0.3, 0.4) is 0 Å². The van der Waals surface area contributed by atoms with E-state index in [0.717, 1.165) is 43.2 Å². The van der Waals surface area contributed by atoms with E-state index in [9.17, 15) is 19.5 Å². The Balaban J connectivity index is 0.000000171. The third kappa shape index (κ3) is 7.19. The fourth-order valence-corrected chi connectivity index (χ4v) is 7.35. The van der Waals surface area contributed by atoms with Gasteiger partial charge in [-0.2, -0.15) is 10.2 Å². The second-order valence-corrected chi connectivity index (χ2v) is 13.6. The molecule has 2 fully saturated rings. The number of aryl methyl sites for hydroxylation is 2. The van der Waals surface area contributed by atoms with Crippen molar-refractivity contribution < 1.29 is 24.2 Å². The van der Waals surface area contributed by atoms with Crippen LogP contribution in [0.2, 0.25) is 10.0 Å². The number of aliphatic hydroxyl groups excluding tert-OH is 1. The van der Waals surface area contributed by atoms with Crippen molar-refractivity contribution in [2.45, 2.75) is 51.9 Å². The first-order chi connectivity index (χ1) is 23.5. The quantitative estimate of drug-likeness (QED) is 0.200. The summed E-state index contributed by atoms with van der Waals surface area (Å²) in [6.07, 6.45) is 5.18. The van der Waals surface area contributed by atoms with Gasteiger partial charge in [0.15, 0.2) is 23.3 Å². The average Bonchev–Trinajstić information content (AvgIpc) is 3.92. The molecule has 11 nitrogen and oxygen atoms in total. The molecule has 2 heterocycles. The van der Waals surface area contributed by atoms with Gasteiger partial charge >= 0.3 is 5.97 Å². The summed E-state index contributed by atoms with van der Waals surface area (Å²) in [6.45, 7) is 2.12. The summed E-state index contributed by atoms with van der Waals surface area (Å²) in [5.74, 6) is 1.33. The minimum absolute atomic E-state index is 0.00292. The summed E-state index contributed by atoms with van der Waals surface area (Å²) in [4.78, 5) is 46.5. The Morgan fingerprint density at radius 2 is 1.37 bits per heavy atom. The summed E-state index contributed by atoms with van der Waals surface area (Å²) >= 11 is 11.8. The van der Waals surface area contributed by atoms with Crippen LogP contribution in [0.15, 0.2) is 54.3 Å². The van der Waals surface area contributed by atoms with E-state index in [0.29, 0.717) is 51.9 Å². The van der Waals surface area contributed by atoms with Crippen molar-refractivity contribution >= 4 is 46.3 Å². The number of carbonyl (C=O) groups is 3. The average molecular weight is 706 g/mol. The zero-order valence-corrected chi connectivity index (χ0v) is 29.1. The van der Waals surface area contributed by atoms with E-state index >= 15 is 0 Å². The Morgan fingerprint density at radius 3 is 1.98 bits per heavy atom. The van der Waals surface area contributed by atoms with Crippen LogP contribution in [0.1, 0.15) is 57.1 Å². The molecule has 3 aliphatic carbocycles. The van der Waals surface area contributed by atoms with Crippen molar-refractivity contribution in [1.29, 1.82) is 0 Å². The fraction of sp³-hybridized carbons (Fsp3) is 0.417. The Kier molecular flexibility index (Phi) is 10.3. The Hall–Kier alpha value is -4.35. The van der Waals surface area contributed by atoms with Gasteiger partial charge < -0.3 is 9.84 Å². The highest BCUT2D eigenvalue weighted by Gasteiger charge is 2.46. The van der Waals surface area contributed by atoms with Crippen LogP contribution < -0.4 is 0 Å². The van der Waals surface area contributed by atoms with E-state index in [1.54, 1.807) is 54.6 Å². The number of allylic oxidation sites excluding steroid dienone is 2. The topological polar surface area (TPSA) is 142 Å². The minimum atomic E-state index is -0.327. The molecule has 3 aliphatic rings. The zero-order chi connectivity index (χ0) is 34.8. The van der Waals surface area contributed by atoms with Crippen molar-refractivity contribution in [3.05, 3.63) is 76.0 Å². The van der Waals surface area contributed by atoms with Gasteiger partial charge in [-0.3, -0.25) is 19.1 Å². The van der Waals surface area contributed by atoms with E-state index < -0.39 is 0 Å². The first-order valence-electron chi connectivity index (χ1n) is 16.6. The van der Waals surface area contributed by atoms with Crippen molar-refractivity contribution in [2.75, 3.05) is 6.61 Å². The van der Waals surface area contributed by atoms with Crippen LogP contribution in [0.25, 0.3) is 28.3 Å². The number of halogens is 2. The number of fused-ring (bicyclic) bond motifs is 1. The lowest BCUT2D eigenvalue weighted by Crippen LogP contribution is -2.28. The van der Waals surface area contributed by atoms with Gasteiger partial charge in [0, 0.05) is 53.0 Å². The highest BCUT2D eigenvalue weighted by molar-refractivity contribution is 6.31. The van der Waals surface area contributed by atoms with Gasteiger partial charge in [-0.25, -0.2) is 14.6 Å². The van der Waals surface area contributed by atoms with E-state index in [1.165, 1.54) is 0 Å². The molecular weight excluding hydrogens is 667 g/mol. The summed E-state index contributed by atoms with van der Waals surface area (Å²) in [6, 6.07) is 14.5. The normalized spacial score (nSPS) is 21.4. The second kappa shape index (κ2) is 14.6. The maximum Gasteiger partial charge on any atom is 0.309 e. The van der Waals surface area contributed by atoms with Gasteiger partial charge in [-0.05, 0) is 81.1 Å². The third-order valence-corrected chi connectivity index (χ3v) is 10.1. The number of rotatable bonds is 8. The summed E-state index contributed by atoms with van der Waals surface area (Å²) in [5, 5.41) is 20.5. The smallest absolute Gasteiger partial charge is 0.309 e. The number of Topliss-reactive ketones (excluding diaryl/α,β-unsaturated/α-hetero) is 2. The van der Waals surface area contributed by atoms with Crippen LogP contribution in [0.4, 0.5) is 0 Å². The summed E-state index contributed by atoms with van der Waals surface area (Å²) in [5.41, 5.74) is 2.01. The molecule has 49 heavy (non-hydrogen) atoms. The first kappa shape index (κ1) is 34.5. The number of hydrogen-bond acceptors (Lipinski definition) is 9. The predicted molar refractivity (Wildman–Crippen MR) is 184 cm³/mol. The second-order valence-electron chi connectivity index (χ2n) is 12.7. The molecule has 4 unspecified atom stereocenters. The van der Waals surface area contributed by atoms with E-state index in [-0.39, 0.29) is 53.4 Å². The van der Waals surface area contributed by atoms with E-state index in [2.05, 4.69) is 20.2 Å². The largest absolute Gasteiger partial charge is 0.511 e. The molecule has 0 bridgehead atoms. The molecule has 1 N–H and O–H groups in total. The molecule has 4 aromatic rings. The van der Waals surface area contributed by atoms with E-state index in [4.69, 9.17) is 27.9 Å². The summed E-state index contributed by atoms with van der Waals surface area (Å²) in [7, 11) is 3.51. The molecule has 0 spiro atoms. The fourth-order valence-electron chi connectivity index (χ4n) is 7.10. The SMILES string of the molecule is CCOC(=O)C1CCCC1C(=O)Cc1nc(-c2ccc(Cl)cc2)nn1C.Cn1nc(-c2ccc(Cl)cc2)nc1C1=C(O)C2CCCC2C1=O. The molecule has 13 heteroatoms. The highest BCUT2D eigenvalue weighted by Crippen LogP contribution is 2.47. The number of benzene rings is 2. The monoisotopic (exact) mass is 704 g/mol. The van der Waals surface area contributed by atoms with Gasteiger partial charge in [0.1, 0.15) is 22.9 Å². The number of ketones is 2. The van der Waals surface area contributed by atoms with Crippen LogP contribution in [-0.2, 0) is 39.6 Å². The number of aliphatic hydroxyl groups is 1. The lowest BCUT2D eigenvalue weighted by molar-refractivity contribution is -0.151. The zero-order valence-electron chi connectivity index (χ0n) is 27.6. The molecule has 256 valence electrons. The molecule has 0 aliphatic heterocycles. The molecular formula is C36H38Cl2N6O5. The van der Waals surface area contributed by atoms with Crippen LogP contribution in [0.5, 0.6) is 0 Å². The predicted octanol–water partition coefficient (Wildman–Crippen LogP) is 6.63. The van der Waals surface area contributed by atoms with Gasteiger partial charge in [-0.1, -0.05) is 36.0 Å². The standard InChI is InChI=1S/C19H22ClN3O3.C17H16ClN3O2/c1-3-26-19(25)15-6-4-5-14(15)16(24)11-17-21-18(22-23(17)2)12-7-9-13(20)10-8-12;1-21-17(13-14(22)11-3-2-4-12(11)15(13)23)19-16(20-21)9-5-7-10(18)8-6-9/h7-10,14-15H,3-6,11H2,1-2H3;5-8,11-12,22H,2-4H2,1H3. The number of esters is 1. The number of nitrogens with zero attached hydrogens (tertiary/aromatic N) is 6. The molecule has 2 saturated carbocycles. The Morgan fingerprint density at radius 1 is 0.816 bits per heavy atom. The highest BCUT2D eigenvalue weighted by atomic mass is 35.5. The molecule has 0 radical (unpaired) electrons. The lowest BCUT2D eigenvalue weighted by atomic mass is 9.90. The van der Waals surface area contributed by atoms with Crippen LogP contribution in [0, 0.1) is 23.7 Å². The molecule has 2 aromatic carbocycles. The number of ether oxygens (including phenoxy) is 1. The van der Waals surface area contributed by atoms with Gasteiger partial charge in [0.05, 0.1) is 18.9 Å². The van der Waals surface area contributed by atoms with Crippen molar-refractivity contribution in [3.63, 3.8) is 0 Å². The Bertz CT molecular complexity index is 1900. The first-order valence-corrected chi connectivity index (χ1v) is 17.3. The maximum absolute atomic E-state index is 12.8. The maximum atomic E-state index is 12.8. The third-order valence-electron chi connectivity index (χ3n) is 9.60. The van der Waals surface area contributed by atoms with Crippen LogP contribution in [-0.4, -0.2) is 58.8 Å². The minimum Gasteiger partial charge on any atom is -0.511 e. The molecule has 7 rings (SSSR count).